The van der Waals surface area contributed by atoms with Gasteiger partial charge in [0.05, 0.1) is 12.7 Å². The van der Waals surface area contributed by atoms with Gasteiger partial charge in [-0.1, -0.05) is 29.8 Å². The van der Waals surface area contributed by atoms with E-state index in [4.69, 9.17) is 16.3 Å². The minimum absolute atomic E-state index is 0.0321. The second kappa shape index (κ2) is 5.72. The first-order valence-electron chi connectivity index (χ1n) is 8.65. The van der Waals surface area contributed by atoms with Gasteiger partial charge in [-0.15, -0.1) is 0 Å². The Balaban J connectivity index is 1.82. The predicted molar refractivity (Wildman–Crippen MR) is 105 cm³/mol. The number of hydrogen-bond donors (Lipinski definition) is 4. The Bertz CT molecular complexity index is 1190. The molecule has 0 aliphatic heterocycles. The van der Waals surface area contributed by atoms with E-state index in [1.165, 1.54) is 0 Å². The van der Waals surface area contributed by atoms with Crippen LogP contribution in [-0.4, -0.2) is 27.3 Å². The van der Waals surface area contributed by atoms with Crippen LogP contribution in [0.25, 0.3) is 22.0 Å². The van der Waals surface area contributed by atoms with Crippen molar-refractivity contribution in [3.05, 3.63) is 64.3 Å². The molecule has 0 saturated heterocycles. The van der Waals surface area contributed by atoms with Crippen molar-refractivity contribution in [2.24, 2.45) is 0 Å². The van der Waals surface area contributed by atoms with E-state index < -0.39 is 0 Å². The van der Waals surface area contributed by atoms with Crippen molar-refractivity contribution in [3.8, 4) is 28.6 Å². The zero-order valence-electron chi connectivity index (χ0n) is 14.5. The van der Waals surface area contributed by atoms with Gasteiger partial charge in [0.25, 0.3) is 0 Å². The second-order valence-corrected chi connectivity index (χ2v) is 7.19. The van der Waals surface area contributed by atoms with Crippen LogP contribution in [0.15, 0.2) is 42.5 Å². The summed E-state index contributed by atoms with van der Waals surface area (Å²) in [6, 6.07) is 13.4. The van der Waals surface area contributed by atoms with Gasteiger partial charge >= 0.3 is 0 Å². The maximum atomic E-state index is 10.6. The molecule has 6 heteroatoms. The quantitative estimate of drug-likeness (QED) is 0.398. The van der Waals surface area contributed by atoms with Crippen molar-refractivity contribution in [1.29, 1.82) is 0 Å². The maximum Gasteiger partial charge on any atom is 0.199 e. The molecule has 1 aliphatic carbocycles. The lowest BCUT2D eigenvalue weighted by Gasteiger charge is -2.24. The van der Waals surface area contributed by atoms with E-state index in [0.717, 1.165) is 33.5 Å². The lowest BCUT2D eigenvalue weighted by atomic mass is 9.79. The Labute approximate surface area is 160 Å². The van der Waals surface area contributed by atoms with Crippen LogP contribution in [0.3, 0.4) is 0 Å². The van der Waals surface area contributed by atoms with Gasteiger partial charge in [0.2, 0.25) is 0 Å². The summed E-state index contributed by atoms with van der Waals surface area (Å²) >= 11 is 6.45. The highest BCUT2D eigenvalue weighted by Gasteiger charge is 2.36. The molecule has 0 radical (unpaired) electrons. The van der Waals surface area contributed by atoms with Gasteiger partial charge in [-0.2, -0.15) is 0 Å². The summed E-state index contributed by atoms with van der Waals surface area (Å²) < 4.78 is 5.36. The van der Waals surface area contributed by atoms with E-state index >= 15 is 0 Å². The highest BCUT2D eigenvalue weighted by atomic mass is 35.5. The van der Waals surface area contributed by atoms with Gasteiger partial charge in [-0.05, 0) is 36.2 Å². The maximum absolute atomic E-state index is 10.6. The molecule has 0 fully saturated rings. The molecule has 0 bridgehead atoms. The summed E-state index contributed by atoms with van der Waals surface area (Å²) in [4.78, 5) is 6.14. The highest BCUT2D eigenvalue weighted by molar-refractivity contribution is 6.31. The number of ether oxygens (including phenoxy) is 1. The largest absolute Gasteiger partial charge is 0.497 e. The Kier molecular flexibility index (Phi) is 3.42. The van der Waals surface area contributed by atoms with E-state index in [-0.39, 0.29) is 17.7 Å². The average Bonchev–Trinajstić information content (AvgIpc) is 3.17. The Morgan fingerprint density at radius 2 is 1.85 bits per heavy atom. The van der Waals surface area contributed by atoms with Gasteiger partial charge in [0.1, 0.15) is 5.75 Å². The van der Waals surface area contributed by atoms with Gasteiger partial charge < -0.3 is 19.9 Å². The summed E-state index contributed by atoms with van der Waals surface area (Å²) in [6.45, 7) is 0. The minimum Gasteiger partial charge on any atom is -0.497 e. The fraction of sp³-hybridized carbons (Fsp3) is 0.143. The number of H-pyrrole nitrogens is 2. The smallest absolute Gasteiger partial charge is 0.199 e. The molecule has 136 valence electrons. The predicted octanol–water partition coefficient (Wildman–Crippen LogP) is 4.92. The van der Waals surface area contributed by atoms with E-state index in [1.807, 2.05) is 42.5 Å². The molecule has 4 aromatic rings. The van der Waals surface area contributed by atoms with Crippen LogP contribution < -0.4 is 4.74 Å². The summed E-state index contributed by atoms with van der Waals surface area (Å²) in [5.41, 5.74) is 5.01. The number of rotatable bonds is 2. The van der Waals surface area contributed by atoms with Gasteiger partial charge in [0, 0.05) is 38.7 Å². The third kappa shape index (κ3) is 2.25. The van der Waals surface area contributed by atoms with Crippen molar-refractivity contribution >= 4 is 22.5 Å². The van der Waals surface area contributed by atoms with Gasteiger partial charge in [0.15, 0.2) is 11.8 Å². The monoisotopic (exact) mass is 380 g/mol. The molecule has 4 N–H and O–H groups in total. The van der Waals surface area contributed by atoms with Gasteiger partial charge in [-0.25, -0.2) is 0 Å². The number of benzene rings is 2. The molecule has 0 amide bonds. The summed E-state index contributed by atoms with van der Waals surface area (Å²) in [5.74, 6) is 0.478. The number of aromatic hydroxyl groups is 2. The van der Waals surface area contributed by atoms with Crippen molar-refractivity contribution in [2.45, 2.75) is 12.3 Å². The summed E-state index contributed by atoms with van der Waals surface area (Å²) in [5, 5.41) is 22.7. The standard InChI is InChI=1S/C21H17ClN2O3/c1-27-10-6-7-15-13(8-10)17-16(23-15)9-12(11-4-2-3-5-14(11)22)18-19(17)21(26)24-20(18)25/h2-8,12,23-26H,9H2,1H3. The Morgan fingerprint density at radius 1 is 1.04 bits per heavy atom. The SMILES string of the molecule is COc1ccc2[nH]c3c(c2c1)-c1c(O)[nH]c(O)c1C(c1ccccc1Cl)C3. The van der Waals surface area contributed by atoms with Gasteiger partial charge in [-0.3, -0.25) is 4.98 Å². The number of methoxy groups -OCH3 is 1. The normalized spacial score (nSPS) is 15.6. The van der Waals surface area contributed by atoms with Crippen molar-refractivity contribution in [1.82, 2.24) is 9.97 Å². The molecule has 5 rings (SSSR count). The van der Waals surface area contributed by atoms with E-state index in [0.29, 0.717) is 22.6 Å². The molecule has 2 heterocycles. The van der Waals surface area contributed by atoms with Crippen LogP contribution >= 0.6 is 11.6 Å². The van der Waals surface area contributed by atoms with Crippen molar-refractivity contribution in [2.75, 3.05) is 7.11 Å². The van der Waals surface area contributed by atoms with E-state index in [2.05, 4.69) is 9.97 Å². The highest BCUT2D eigenvalue weighted by Crippen LogP contribution is 2.53. The van der Waals surface area contributed by atoms with Crippen LogP contribution in [0.4, 0.5) is 0 Å². The molecule has 1 aliphatic rings. The molecule has 0 saturated carbocycles. The topological polar surface area (TPSA) is 81.3 Å². The van der Waals surface area contributed by atoms with Crippen molar-refractivity contribution < 1.29 is 14.9 Å². The van der Waals surface area contributed by atoms with Crippen LogP contribution in [0.1, 0.15) is 22.7 Å². The molecule has 27 heavy (non-hydrogen) atoms. The van der Waals surface area contributed by atoms with Crippen LogP contribution in [-0.2, 0) is 6.42 Å². The number of fused-ring (bicyclic) bond motifs is 5. The fourth-order valence-corrected chi connectivity index (χ4v) is 4.47. The molecule has 1 unspecified atom stereocenters. The molecular weight excluding hydrogens is 364 g/mol. The number of nitrogens with one attached hydrogen (secondary N) is 2. The second-order valence-electron chi connectivity index (χ2n) is 6.78. The van der Waals surface area contributed by atoms with E-state index in [9.17, 15) is 10.2 Å². The molecular formula is C21H17ClN2O3. The Morgan fingerprint density at radius 3 is 2.63 bits per heavy atom. The molecule has 2 aromatic heterocycles. The Hall–Kier alpha value is -3.05. The third-order valence-corrected chi connectivity index (χ3v) is 5.71. The minimum atomic E-state index is -0.173. The van der Waals surface area contributed by atoms with Crippen LogP contribution in [0.2, 0.25) is 5.02 Å². The first-order valence-corrected chi connectivity index (χ1v) is 9.03. The zero-order valence-corrected chi connectivity index (χ0v) is 15.3. The van der Waals surface area contributed by atoms with Crippen LogP contribution in [0, 0.1) is 0 Å². The number of hydrogen-bond acceptors (Lipinski definition) is 3. The first-order chi connectivity index (χ1) is 13.1. The molecule has 2 aromatic carbocycles. The summed E-state index contributed by atoms with van der Waals surface area (Å²) in [7, 11) is 1.62. The average molecular weight is 381 g/mol. The number of halogens is 1. The van der Waals surface area contributed by atoms with Crippen LogP contribution in [0.5, 0.6) is 17.5 Å². The molecule has 1 atom stereocenters. The number of aromatic nitrogens is 2. The lowest BCUT2D eigenvalue weighted by Crippen LogP contribution is -2.11. The molecule has 5 nitrogen and oxygen atoms in total. The fourth-order valence-electron chi connectivity index (χ4n) is 4.20. The third-order valence-electron chi connectivity index (χ3n) is 5.37. The molecule has 0 spiro atoms. The first kappa shape index (κ1) is 16.1. The lowest BCUT2D eigenvalue weighted by molar-refractivity contribution is 0.415. The number of aromatic amines is 2. The van der Waals surface area contributed by atoms with Crippen molar-refractivity contribution in [3.63, 3.8) is 0 Å². The van der Waals surface area contributed by atoms with E-state index in [1.54, 1.807) is 7.11 Å². The zero-order chi connectivity index (χ0) is 18.7. The summed E-state index contributed by atoms with van der Waals surface area (Å²) in [6.07, 6.45) is 0.633.